The van der Waals surface area contributed by atoms with E-state index < -0.39 is 0 Å². The predicted octanol–water partition coefficient (Wildman–Crippen LogP) is 1.72. The smallest absolute Gasteiger partial charge is 0.0526 e. The second kappa shape index (κ2) is 2.78. The van der Waals surface area contributed by atoms with Gasteiger partial charge in [0, 0.05) is 11.9 Å². The van der Waals surface area contributed by atoms with E-state index in [2.05, 4.69) is 18.8 Å². The number of H-pyrrole nitrogens is 1. The zero-order valence-electron chi connectivity index (χ0n) is 6.57. The summed E-state index contributed by atoms with van der Waals surface area (Å²) in [5.41, 5.74) is 9.16. The van der Waals surface area contributed by atoms with Crippen LogP contribution in [0.25, 0.3) is 0 Å². The van der Waals surface area contributed by atoms with Gasteiger partial charge in [-0.05, 0) is 18.4 Å². The van der Waals surface area contributed by atoms with Crippen LogP contribution >= 0.6 is 0 Å². The van der Waals surface area contributed by atoms with E-state index in [-0.39, 0.29) is 0 Å². The first-order valence-corrected chi connectivity index (χ1v) is 3.74. The second-order valence-electron chi connectivity index (χ2n) is 2.41. The van der Waals surface area contributed by atoms with E-state index in [1.807, 2.05) is 6.20 Å². The molecule has 0 aliphatic heterocycles. The zero-order valence-corrected chi connectivity index (χ0v) is 6.57. The van der Waals surface area contributed by atoms with Crippen LogP contribution in [0.4, 0.5) is 5.69 Å². The Hall–Kier alpha value is -0.920. The van der Waals surface area contributed by atoms with E-state index in [1.165, 1.54) is 11.3 Å². The molecular weight excluding hydrogens is 124 g/mol. The number of nitrogen functional groups attached to an aromatic ring is 1. The lowest BCUT2D eigenvalue weighted by Crippen LogP contribution is -1.91. The van der Waals surface area contributed by atoms with Gasteiger partial charge in [-0.3, -0.25) is 0 Å². The van der Waals surface area contributed by atoms with Gasteiger partial charge in [-0.2, -0.15) is 0 Å². The van der Waals surface area contributed by atoms with E-state index >= 15 is 0 Å². The standard InChI is InChI=1S/C8H14N2/c1-3-6-7(9)5-10-8(6)4-2/h5,10H,3-4,9H2,1-2H3. The highest BCUT2D eigenvalue weighted by molar-refractivity contribution is 5.48. The fourth-order valence-electron chi connectivity index (χ4n) is 1.25. The Morgan fingerprint density at radius 1 is 1.40 bits per heavy atom. The molecule has 0 aliphatic rings. The first kappa shape index (κ1) is 7.19. The molecular formula is C8H14N2. The number of nitrogens with two attached hydrogens (primary N) is 1. The maximum Gasteiger partial charge on any atom is 0.0526 e. The molecule has 0 radical (unpaired) electrons. The molecule has 0 spiro atoms. The normalized spacial score (nSPS) is 10.2. The molecule has 0 aliphatic carbocycles. The third-order valence-corrected chi connectivity index (χ3v) is 1.82. The zero-order chi connectivity index (χ0) is 7.56. The van der Waals surface area contributed by atoms with Crippen molar-refractivity contribution in [3.63, 3.8) is 0 Å². The molecule has 0 bridgehead atoms. The van der Waals surface area contributed by atoms with Crippen molar-refractivity contribution in [1.82, 2.24) is 4.98 Å². The van der Waals surface area contributed by atoms with Crippen molar-refractivity contribution >= 4 is 5.69 Å². The number of nitrogens with one attached hydrogen (secondary N) is 1. The van der Waals surface area contributed by atoms with Gasteiger partial charge in [0.1, 0.15) is 0 Å². The topological polar surface area (TPSA) is 41.8 Å². The molecule has 3 N–H and O–H groups in total. The van der Waals surface area contributed by atoms with Crippen LogP contribution in [0.15, 0.2) is 6.20 Å². The Morgan fingerprint density at radius 2 is 2.10 bits per heavy atom. The van der Waals surface area contributed by atoms with Gasteiger partial charge in [0.2, 0.25) is 0 Å². The van der Waals surface area contributed by atoms with Crippen LogP contribution in [-0.4, -0.2) is 4.98 Å². The van der Waals surface area contributed by atoms with E-state index in [1.54, 1.807) is 0 Å². The summed E-state index contributed by atoms with van der Waals surface area (Å²) in [6.45, 7) is 4.25. The average molecular weight is 138 g/mol. The van der Waals surface area contributed by atoms with E-state index in [0.717, 1.165) is 18.5 Å². The lowest BCUT2D eigenvalue weighted by Gasteiger charge is -1.97. The fraction of sp³-hybridized carbons (Fsp3) is 0.500. The lowest BCUT2D eigenvalue weighted by molar-refractivity contribution is 1.00. The summed E-state index contributed by atoms with van der Waals surface area (Å²) in [6.07, 6.45) is 3.94. The Morgan fingerprint density at radius 3 is 2.50 bits per heavy atom. The molecule has 0 amide bonds. The third-order valence-electron chi connectivity index (χ3n) is 1.82. The summed E-state index contributed by atoms with van der Waals surface area (Å²) < 4.78 is 0. The molecule has 1 heterocycles. The highest BCUT2D eigenvalue weighted by Crippen LogP contribution is 2.16. The number of aromatic amines is 1. The average Bonchev–Trinajstić information content (AvgIpc) is 2.30. The second-order valence-corrected chi connectivity index (χ2v) is 2.41. The minimum Gasteiger partial charge on any atom is -0.397 e. The summed E-state index contributed by atoms with van der Waals surface area (Å²) in [6, 6.07) is 0. The third kappa shape index (κ3) is 1.01. The van der Waals surface area contributed by atoms with Crippen LogP contribution in [0.3, 0.4) is 0 Å². The van der Waals surface area contributed by atoms with Crippen LogP contribution in [0.5, 0.6) is 0 Å². The minimum absolute atomic E-state index is 0.902. The van der Waals surface area contributed by atoms with E-state index in [9.17, 15) is 0 Å². The van der Waals surface area contributed by atoms with Crippen LogP contribution in [0.1, 0.15) is 25.1 Å². The van der Waals surface area contributed by atoms with Crippen molar-refractivity contribution in [3.8, 4) is 0 Å². The lowest BCUT2D eigenvalue weighted by atomic mass is 10.1. The van der Waals surface area contributed by atoms with Crippen LogP contribution in [-0.2, 0) is 12.8 Å². The van der Waals surface area contributed by atoms with Crippen molar-refractivity contribution in [2.45, 2.75) is 26.7 Å². The van der Waals surface area contributed by atoms with Gasteiger partial charge in [0.15, 0.2) is 0 Å². The molecule has 0 unspecified atom stereocenters. The quantitative estimate of drug-likeness (QED) is 0.642. The monoisotopic (exact) mass is 138 g/mol. The molecule has 1 aromatic heterocycles. The van der Waals surface area contributed by atoms with Gasteiger partial charge in [-0.15, -0.1) is 0 Å². The summed E-state index contributed by atoms with van der Waals surface area (Å²) >= 11 is 0. The van der Waals surface area contributed by atoms with Crippen molar-refractivity contribution in [1.29, 1.82) is 0 Å². The molecule has 2 heteroatoms. The first-order valence-electron chi connectivity index (χ1n) is 3.74. The number of aryl methyl sites for hydroxylation is 1. The molecule has 10 heavy (non-hydrogen) atoms. The van der Waals surface area contributed by atoms with Gasteiger partial charge in [-0.1, -0.05) is 13.8 Å². The Kier molecular flexibility index (Phi) is 2.00. The molecule has 56 valence electrons. The Balaban J connectivity index is 3.01. The number of hydrogen-bond donors (Lipinski definition) is 2. The maximum atomic E-state index is 5.70. The summed E-state index contributed by atoms with van der Waals surface area (Å²) in [5.74, 6) is 0. The summed E-state index contributed by atoms with van der Waals surface area (Å²) in [5, 5.41) is 0. The molecule has 1 aromatic rings. The van der Waals surface area contributed by atoms with E-state index in [4.69, 9.17) is 5.73 Å². The SMILES string of the molecule is CCc1[nH]cc(N)c1CC. The Labute approximate surface area is 61.4 Å². The van der Waals surface area contributed by atoms with Gasteiger partial charge >= 0.3 is 0 Å². The maximum absolute atomic E-state index is 5.70. The number of hydrogen-bond acceptors (Lipinski definition) is 1. The molecule has 0 saturated carbocycles. The van der Waals surface area contributed by atoms with Crippen LogP contribution in [0.2, 0.25) is 0 Å². The first-order chi connectivity index (χ1) is 4.79. The van der Waals surface area contributed by atoms with Crippen LogP contribution < -0.4 is 5.73 Å². The van der Waals surface area contributed by atoms with Gasteiger partial charge in [0.05, 0.1) is 5.69 Å². The highest BCUT2D eigenvalue weighted by atomic mass is 14.7. The van der Waals surface area contributed by atoms with E-state index in [0.29, 0.717) is 0 Å². The van der Waals surface area contributed by atoms with Crippen molar-refractivity contribution in [2.24, 2.45) is 0 Å². The van der Waals surface area contributed by atoms with Gasteiger partial charge in [-0.25, -0.2) is 0 Å². The molecule has 2 nitrogen and oxygen atoms in total. The molecule has 0 fully saturated rings. The minimum atomic E-state index is 0.902. The highest BCUT2D eigenvalue weighted by Gasteiger charge is 2.03. The molecule has 0 aromatic carbocycles. The number of rotatable bonds is 2. The summed E-state index contributed by atoms with van der Waals surface area (Å²) in [4.78, 5) is 3.15. The fourth-order valence-corrected chi connectivity index (χ4v) is 1.25. The van der Waals surface area contributed by atoms with Crippen LogP contribution in [0, 0.1) is 0 Å². The van der Waals surface area contributed by atoms with Gasteiger partial charge < -0.3 is 10.7 Å². The van der Waals surface area contributed by atoms with Crippen molar-refractivity contribution in [3.05, 3.63) is 17.5 Å². The van der Waals surface area contributed by atoms with Gasteiger partial charge in [0.25, 0.3) is 0 Å². The van der Waals surface area contributed by atoms with Crippen molar-refractivity contribution < 1.29 is 0 Å². The largest absolute Gasteiger partial charge is 0.397 e. The number of anilines is 1. The predicted molar refractivity (Wildman–Crippen MR) is 44.0 cm³/mol. The number of aromatic nitrogens is 1. The molecule has 1 rings (SSSR count). The Bertz CT molecular complexity index is 213. The molecule has 0 atom stereocenters. The van der Waals surface area contributed by atoms with Crippen molar-refractivity contribution in [2.75, 3.05) is 5.73 Å². The summed E-state index contributed by atoms with van der Waals surface area (Å²) in [7, 11) is 0. The molecule has 0 saturated heterocycles.